The van der Waals surface area contributed by atoms with Crippen LogP contribution in [0.15, 0.2) is 12.7 Å². The molecule has 0 N–H and O–H groups in total. The molecule has 0 saturated carbocycles. The van der Waals surface area contributed by atoms with Crippen LogP contribution in [0.5, 0.6) is 0 Å². The quantitative estimate of drug-likeness (QED) is 0.408. The van der Waals surface area contributed by atoms with Crippen LogP contribution in [0.3, 0.4) is 0 Å². The number of hydrogen-bond acceptors (Lipinski definition) is 0. The SMILES string of the molecule is C=CC.ClC(Cl)(Cl)Cl. The molecule has 0 saturated heterocycles. The fourth-order valence-electron chi connectivity index (χ4n) is 0. The lowest BCUT2D eigenvalue weighted by atomic mass is 10.8. The van der Waals surface area contributed by atoms with Crippen LogP contribution < -0.4 is 0 Å². The zero-order valence-electron chi connectivity index (χ0n) is 4.30. The van der Waals surface area contributed by atoms with Crippen molar-refractivity contribution < 1.29 is 0 Å². The van der Waals surface area contributed by atoms with Crippen LogP contribution >= 0.6 is 46.4 Å². The van der Waals surface area contributed by atoms with Crippen LogP contribution in [0.2, 0.25) is 0 Å². The fraction of sp³-hybridized carbons (Fsp3) is 0.500. The van der Waals surface area contributed by atoms with Crippen LogP contribution in [0, 0.1) is 0 Å². The van der Waals surface area contributed by atoms with E-state index in [9.17, 15) is 0 Å². The van der Waals surface area contributed by atoms with Gasteiger partial charge in [-0.25, -0.2) is 0 Å². The highest BCUT2D eigenvalue weighted by Crippen LogP contribution is 2.29. The molecule has 0 unspecified atom stereocenters. The molecule has 0 aromatic rings. The van der Waals surface area contributed by atoms with E-state index < -0.39 is 3.25 Å². The first-order chi connectivity index (χ1) is 3.41. The van der Waals surface area contributed by atoms with Crippen LogP contribution in [-0.4, -0.2) is 3.25 Å². The molecule has 4 heteroatoms. The molecule has 0 atom stereocenters. The Hall–Kier alpha value is 0.900. The minimum Gasteiger partial charge on any atom is -0.103 e. The highest BCUT2D eigenvalue weighted by molar-refractivity contribution is 6.83. The molecule has 50 valence electrons. The van der Waals surface area contributed by atoms with Gasteiger partial charge in [-0.05, 0) is 6.92 Å². The van der Waals surface area contributed by atoms with Crippen molar-refractivity contribution in [2.45, 2.75) is 10.2 Å². The zero-order chi connectivity index (χ0) is 7.21. The molecule has 0 radical (unpaired) electrons. The minimum absolute atomic E-state index is 1.61. The first-order valence-electron chi connectivity index (χ1n) is 1.74. The summed E-state index contributed by atoms with van der Waals surface area (Å²) in [6, 6.07) is 0. The number of allylic oxidation sites excluding steroid dienone is 1. The summed E-state index contributed by atoms with van der Waals surface area (Å²) in [5.41, 5.74) is 0. The molecular weight excluding hydrogens is 190 g/mol. The smallest absolute Gasteiger partial charge is 0.103 e. The highest BCUT2D eigenvalue weighted by atomic mass is 35.6. The molecule has 0 rings (SSSR count). The predicted molar refractivity (Wildman–Crippen MR) is 42.0 cm³/mol. The van der Waals surface area contributed by atoms with Gasteiger partial charge in [0.05, 0.1) is 0 Å². The van der Waals surface area contributed by atoms with E-state index in [2.05, 4.69) is 6.58 Å². The molecule has 0 aliphatic heterocycles. The maximum atomic E-state index is 4.83. The van der Waals surface area contributed by atoms with Gasteiger partial charge >= 0.3 is 0 Å². The summed E-state index contributed by atoms with van der Waals surface area (Å²) in [6.45, 7) is 5.25. The summed E-state index contributed by atoms with van der Waals surface area (Å²) in [5.74, 6) is 0. The van der Waals surface area contributed by atoms with Crippen molar-refractivity contribution in [3.05, 3.63) is 12.7 Å². The van der Waals surface area contributed by atoms with Gasteiger partial charge in [-0.1, -0.05) is 52.5 Å². The highest BCUT2D eigenvalue weighted by Gasteiger charge is 2.11. The first kappa shape index (κ1) is 11.7. The largest absolute Gasteiger partial charge is 0.266 e. The van der Waals surface area contributed by atoms with Gasteiger partial charge in [0.15, 0.2) is 0 Å². The summed E-state index contributed by atoms with van der Waals surface area (Å²) in [5, 5.41) is 0. The van der Waals surface area contributed by atoms with E-state index in [0.29, 0.717) is 0 Å². The van der Waals surface area contributed by atoms with E-state index in [4.69, 9.17) is 46.4 Å². The standard InChI is InChI=1S/C3H6.CCl4/c1-3-2;2-1(3,4)5/h3H,1H2,2H3;. The molecule has 0 bridgehead atoms. The third kappa shape index (κ3) is 297. The molecule has 8 heavy (non-hydrogen) atoms. The Morgan fingerprint density at radius 1 is 1.25 bits per heavy atom. The monoisotopic (exact) mass is 194 g/mol. The molecule has 0 aliphatic rings. The lowest BCUT2D eigenvalue weighted by Crippen LogP contribution is -1.81. The maximum absolute atomic E-state index is 4.83. The Bertz CT molecular complexity index is 47.5. The van der Waals surface area contributed by atoms with Gasteiger partial charge in [-0.3, -0.25) is 0 Å². The van der Waals surface area contributed by atoms with Crippen LogP contribution in [-0.2, 0) is 0 Å². The minimum atomic E-state index is -1.61. The second kappa shape index (κ2) is 6.03. The van der Waals surface area contributed by atoms with Gasteiger partial charge in [0.1, 0.15) is 0 Å². The van der Waals surface area contributed by atoms with Crippen molar-refractivity contribution in [1.29, 1.82) is 0 Å². The summed E-state index contributed by atoms with van der Waals surface area (Å²) >= 11 is 19.3. The lowest BCUT2D eigenvalue weighted by Gasteiger charge is -1.91. The lowest BCUT2D eigenvalue weighted by molar-refractivity contribution is 1.76. The second-order valence-corrected chi connectivity index (χ2v) is 4.27. The average molecular weight is 196 g/mol. The molecule has 0 nitrogen and oxygen atoms in total. The van der Waals surface area contributed by atoms with E-state index in [0.717, 1.165) is 0 Å². The number of rotatable bonds is 0. The third-order valence-electron chi connectivity index (χ3n) is 0. The Morgan fingerprint density at radius 3 is 1.25 bits per heavy atom. The molecular formula is C4H6Cl4. The molecule has 0 fully saturated rings. The second-order valence-electron chi connectivity index (χ2n) is 0.837. The summed E-state index contributed by atoms with van der Waals surface area (Å²) in [4.78, 5) is 0. The van der Waals surface area contributed by atoms with E-state index in [-0.39, 0.29) is 0 Å². The van der Waals surface area contributed by atoms with Gasteiger partial charge in [0.2, 0.25) is 0 Å². The van der Waals surface area contributed by atoms with E-state index in [1.165, 1.54) is 0 Å². The zero-order valence-corrected chi connectivity index (χ0v) is 7.32. The summed E-state index contributed by atoms with van der Waals surface area (Å²) in [7, 11) is 0. The molecule has 0 amide bonds. The number of halogens is 4. The van der Waals surface area contributed by atoms with E-state index >= 15 is 0 Å². The fourth-order valence-corrected chi connectivity index (χ4v) is 0. The summed E-state index contributed by atoms with van der Waals surface area (Å²) in [6.07, 6.45) is 1.75. The van der Waals surface area contributed by atoms with Gasteiger partial charge in [-0.15, -0.1) is 6.58 Å². The Labute approximate surface area is 69.4 Å². The normalized spacial score (nSPS) is 9.12. The molecule has 0 heterocycles. The van der Waals surface area contributed by atoms with Crippen LogP contribution in [0.4, 0.5) is 0 Å². The Kier molecular flexibility index (Phi) is 8.79. The molecule has 0 aromatic carbocycles. The van der Waals surface area contributed by atoms with Gasteiger partial charge < -0.3 is 0 Å². The van der Waals surface area contributed by atoms with Gasteiger partial charge in [0.25, 0.3) is 3.25 Å². The van der Waals surface area contributed by atoms with Crippen molar-refractivity contribution in [1.82, 2.24) is 0 Å². The topological polar surface area (TPSA) is 0 Å². The Morgan fingerprint density at radius 2 is 1.25 bits per heavy atom. The van der Waals surface area contributed by atoms with Crippen molar-refractivity contribution in [2.24, 2.45) is 0 Å². The van der Waals surface area contributed by atoms with Crippen molar-refractivity contribution in [3.63, 3.8) is 0 Å². The molecule has 0 spiro atoms. The number of hydrogen-bond donors (Lipinski definition) is 0. The summed E-state index contributed by atoms with van der Waals surface area (Å²) < 4.78 is -1.61. The first-order valence-corrected chi connectivity index (χ1v) is 3.25. The van der Waals surface area contributed by atoms with Crippen molar-refractivity contribution in [2.75, 3.05) is 0 Å². The van der Waals surface area contributed by atoms with Crippen molar-refractivity contribution >= 4 is 46.4 Å². The average Bonchev–Trinajstić information content (AvgIpc) is 1.27. The predicted octanol–water partition coefficient (Wildman–Crippen LogP) is 3.75. The molecule has 0 aliphatic carbocycles. The number of alkyl halides is 4. The van der Waals surface area contributed by atoms with Crippen molar-refractivity contribution in [3.8, 4) is 0 Å². The van der Waals surface area contributed by atoms with Gasteiger partial charge in [0, 0.05) is 0 Å². The third-order valence-corrected chi connectivity index (χ3v) is 0. The van der Waals surface area contributed by atoms with E-state index in [1.54, 1.807) is 6.08 Å². The Balaban J connectivity index is 0. The van der Waals surface area contributed by atoms with Gasteiger partial charge in [-0.2, -0.15) is 0 Å². The maximum Gasteiger partial charge on any atom is 0.266 e. The van der Waals surface area contributed by atoms with Crippen LogP contribution in [0.1, 0.15) is 6.92 Å². The van der Waals surface area contributed by atoms with E-state index in [1.807, 2.05) is 6.92 Å². The van der Waals surface area contributed by atoms with Crippen LogP contribution in [0.25, 0.3) is 0 Å². The molecule has 0 aromatic heterocycles.